The van der Waals surface area contributed by atoms with Crippen molar-refractivity contribution in [3.8, 4) is 0 Å². The van der Waals surface area contributed by atoms with Crippen LogP contribution in [0.3, 0.4) is 0 Å². The number of H-pyrrole nitrogens is 1. The van der Waals surface area contributed by atoms with E-state index in [0.29, 0.717) is 0 Å². The van der Waals surface area contributed by atoms with Gasteiger partial charge >= 0.3 is 0 Å². The Labute approximate surface area is 49.8 Å². The molecule has 1 heterocycles. The van der Waals surface area contributed by atoms with Crippen molar-refractivity contribution in [1.29, 1.82) is 0 Å². The van der Waals surface area contributed by atoms with Gasteiger partial charge in [-0.25, -0.2) is 0 Å². The molecule has 1 atom stereocenters. The SMILES string of the molecule is [O-][NH+](O)Nc1cn[nH]n1. The van der Waals surface area contributed by atoms with E-state index in [-0.39, 0.29) is 5.82 Å². The van der Waals surface area contributed by atoms with Crippen molar-refractivity contribution in [2.24, 2.45) is 0 Å². The molecule has 9 heavy (non-hydrogen) atoms. The average Bonchev–Trinajstić information content (AvgIpc) is 2.15. The summed E-state index contributed by atoms with van der Waals surface area (Å²) in [6.07, 6.45) is 1.27. The third-order valence-corrected chi connectivity index (χ3v) is 0.650. The van der Waals surface area contributed by atoms with Crippen LogP contribution >= 0.6 is 0 Å². The lowest BCUT2D eigenvalue weighted by Gasteiger charge is -2.09. The van der Waals surface area contributed by atoms with Gasteiger partial charge in [0, 0.05) is 0 Å². The molecule has 0 saturated heterocycles. The molecular weight excluding hydrogens is 126 g/mol. The molecular formula is C2H5N5O2. The zero-order valence-electron chi connectivity index (χ0n) is 4.33. The first kappa shape index (κ1) is 5.95. The second-order valence-electron chi connectivity index (χ2n) is 1.29. The lowest BCUT2D eigenvalue weighted by atomic mass is 10.8. The summed E-state index contributed by atoms with van der Waals surface area (Å²) in [5.74, 6) is 0.197. The monoisotopic (exact) mass is 131 g/mol. The highest BCUT2D eigenvalue weighted by Gasteiger charge is 1.94. The van der Waals surface area contributed by atoms with Gasteiger partial charge in [-0.05, 0) is 0 Å². The Balaban J connectivity index is 2.48. The van der Waals surface area contributed by atoms with E-state index < -0.39 is 5.34 Å². The van der Waals surface area contributed by atoms with Crippen LogP contribution in [0.1, 0.15) is 0 Å². The number of quaternary nitrogens is 1. The van der Waals surface area contributed by atoms with Gasteiger partial charge in [-0.2, -0.15) is 20.9 Å². The molecule has 4 N–H and O–H groups in total. The second-order valence-corrected chi connectivity index (χ2v) is 1.29. The summed E-state index contributed by atoms with van der Waals surface area (Å²) in [4.78, 5) is 0. The summed E-state index contributed by atoms with van der Waals surface area (Å²) < 4.78 is 0. The van der Waals surface area contributed by atoms with Gasteiger partial charge in [-0.3, -0.25) is 0 Å². The molecule has 0 bridgehead atoms. The molecule has 0 aliphatic heterocycles. The van der Waals surface area contributed by atoms with Crippen LogP contribution in [0.2, 0.25) is 0 Å². The summed E-state index contributed by atoms with van der Waals surface area (Å²) in [6.45, 7) is 0. The predicted molar refractivity (Wildman–Crippen MR) is 26.1 cm³/mol. The van der Waals surface area contributed by atoms with Crippen molar-refractivity contribution < 1.29 is 10.5 Å². The fourth-order valence-corrected chi connectivity index (χ4v) is 0.371. The van der Waals surface area contributed by atoms with E-state index in [4.69, 9.17) is 5.21 Å². The number of hydrogen-bond donors (Lipinski definition) is 4. The number of aromatic amines is 1. The van der Waals surface area contributed by atoms with E-state index in [2.05, 4.69) is 15.4 Å². The molecule has 7 heteroatoms. The third kappa shape index (κ3) is 1.64. The zero-order chi connectivity index (χ0) is 6.69. The van der Waals surface area contributed by atoms with E-state index in [1.807, 2.05) is 5.43 Å². The Morgan fingerprint density at radius 1 is 1.89 bits per heavy atom. The highest BCUT2D eigenvalue weighted by Crippen LogP contribution is 1.88. The standard InChI is InChI=1S/C2H5N5O2/c8-7(9)5-2-1-3-6-4-2/h1,7-8H,(H2,3,4,5,6). The first-order chi connectivity index (χ1) is 4.29. The number of aromatic nitrogens is 3. The molecule has 1 rings (SSSR count). The Morgan fingerprint density at radius 3 is 3.11 bits per heavy atom. The molecule has 0 saturated carbocycles. The Morgan fingerprint density at radius 2 is 2.67 bits per heavy atom. The fraction of sp³-hybridized carbons (Fsp3) is 0. The zero-order valence-corrected chi connectivity index (χ0v) is 4.33. The van der Waals surface area contributed by atoms with E-state index in [1.54, 1.807) is 0 Å². The van der Waals surface area contributed by atoms with Crippen molar-refractivity contribution in [1.82, 2.24) is 15.4 Å². The molecule has 7 nitrogen and oxygen atoms in total. The summed E-state index contributed by atoms with van der Waals surface area (Å²) in [6, 6.07) is 0. The van der Waals surface area contributed by atoms with E-state index in [1.165, 1.54) is 6.20 Å². The summed E-state index contributed by atoms with van der Waals surface area (Å²) in [5, 5.41) is 25.9. The maximum atomic E-state index is 9.87. The van der Waals surface area contributed by atoms with Gasteiger partial charge in [0.25, 0.3) is 0 Å². The Hall–Kier alpha value is -1.18. The van der Waals surface area contributed by atoms with Crippen molar-refractivity contribution in [2.75, 3.05) is 5.43 Å². The molecule has 0 aliphatic rings. The lowest BCUT2D eigenvalue weighted by Crippen LogP contribution is -3.08. The number of nitrogens with one attached hydrogen (secondary N) is 3. The van der Waals surface area contributed by atoms with Gasteiger partial charge in [0.05, 0.1) is 6.20 Å². The van der Waals surface area contributed by atoms with Crippen molar-refractivity contribution in [3.63, 3.8) is 0 Å². The lowest BCUT2D eigenvalue weighted by molar-refractivity contribution is -1.03. The van der Waals surface area contributed by atoms with E-state index in [9.17, 15) is 5.21 Å². The minimum absolute atomic E-state index is 0.197. The maximum absolute atomic E-state index is 9.87. The molecule has 0 fully saturated rings. The molecule has 0 spiro atoms. The van der Waals surface area contributed by atoms with Crippen LogP contribution in [-0.2, 0) is 0 Å². The van der Waals surface area contributed by atoms with Crippen LogP contribution in [0.5, 0.6) is 0 Å². The van der Waals surface area contributed by atoms with Crippen LogP contribution in [-0.4, -0.2) is 20.6 Å². The van der Waals surface area contributed by atoms with Gasteiger partial charge in [0.1, 0.15) is 0 Å². The minimum atomic E-state index is -1.15. The maximum Gasteiger partial charge on any atom is 0.218 e. The highest BCUT2D eigenvalue weighted by molar-refractivity contribution is 5.23. The summed E-state index contributed by atoms with van der Waals surface area (Å²) in [7, 11) is 0. The minimum Gasteiger partial charge on any atom is -0.574 e. The van der Waals surface area contributed by atoms with E-state index >= 15 is 0 Å². The summed E-state index contributed by atoms with van der Waals surface area (Å²) >= 11 is 0. The van der Waals surface area contributed by atoms with Crippen LogP contribution in [0, 0.1) is 5.21 Å². The molecule has 0 radical (unpaired) electrons. The van der Waals surface area contributed by atoms with E-state index in [0.717, 1.165) is 0 Å². The van der Waals surface area contributed by atoms with Crippen molar-refractivity contribution in [2.45, 2.75) is 0 Å². The number of nitrogens with zero attached hydrogens (tertiary/aromatic N) is 2. The second kappa shape index (κ2) is 2.40. The quantitative estimate of drug-likeness (QED) is 0.344. The Bertz CT molecular complexity index is 159. The van der Waals surface area contributed by atoms with Gasteiger partial charge in [0.2, 0.25) is 5.82 Å². The first-order valence-corrected chi connectivity index (χ1v) is 2.15. The van der Waals surface area contributed by atoms with Gasteiger partial charge in [-0.1, -0.05) is 0 Å². The molecule has 1 unspecified atom stereocenters. The van der Waals surface area contributed by atoms with Gasteiger partial charge < -0.3 is 5.21 Å². The number of hydrogen-bond acceptors (Lipinski definition) is 5. The smallest absolute Gasteiger partial charge is 0.218 e. The van der Waals surface area contributed by atoms with Crippen LogP contribution in [0.4, 0.5) is 5.82 Å². The highest BCUT2D eigenvalue weighted by atomic mass is 16.8. The largest absolute Gasteiger partial charge is 0.574 e. The van der Waals surface area contributed by atoms with Crippen LogP contribution < -0.4 is 10.8 Å². The molecule has 1 aromatic rings. The average molecular weight is 131 g/mol. The topological polar surface area (TPSA) is 101 Å². The molecule has 50 valence electrons. The summed E-state index contributed by atoms with van der Waals surface area (Å²) in [5.41, 5.74) is 2.00. The number of anilines is 1. The third-order valence-electron chi connectivity index (χ3n) is 0.650. The number of rotatable bonds is 2. The molecule has 0 aromatic carbocycles. The molecule has 0 aliphatic carbocycles. The Kier molecular flexibility index (Phi) is 1.58. The normalized spacial score (nSPS) is 13.1. The van der Waals surface area contributed by atoms with Gasteiger partial charge in [0.15, 0.2) is 0 Å². The fourth-order valence-electron chi connectivity index (χ4n) is 0.371. The van der Waals surface area contributed by atoms with Crippen LogP contribution in [0.25, 0.3) is 0 Å². The molecule has 0 amide bonds. The van der Waals surface area contributed by atoms with Crippen LogP contribution in [0.15, 0.2) is 6.20 Å². The predicted octanol–water partition coefficient (Wildman–Crippen LogP) is -2.10. The first-order valence-electron chi connectivity index (χ1n) is 2.15. The van der Waals surface area contributed by atoms with Crippen molar-refractivity contribution >= 4 is 5.82 Å². The van der Waals surface area contributed by atoms with Crippen molar-refractivity contribution in [3.05, 3.63) is 11.4 Å². The molecule has 1 aromatic heterocycles. The van der Waals surface area contributed by atoms with Gasteiger partial charge in [-0.15, -0.1) is 10.4 Å².